The minimum Gasteiger partial charge on any atom is -0.489 e. The van der Waals surface area contributed by atoms with Gasteiger partial charge < -0.3 is 39.3 Å². The number of H-pyrrole nitrogens is 1. The zero-order valence-corrected chi connectivity index (χ0v) is 41.7. The van der Waals surface area contributed by atoms with Gasteiger partial charge in [0.15, 0.2) is 5.75 Å². The molecule has 2 saturated carbocycles. The number of aliphatic hydroxyl groups is 1. The van der Waals surface area contributed by atoms with Crippen LogP contribution < -0.4 is 29.1 Å². The van der Waals surface area contributed by atoms with Gasteiger partial charge >= 0.3 is 0 Å². The van der Waals surface area contributed by atoms with E-state index >= 15 is 4.39 Å². The van der Waals surface area contributed by atoms with Crippen molar-refractivity contribution >= 4 is 44.0 Å². The summed E-state index contributed by atoms with van der Waals surface area (Å²) >= 11 is 0. The van der Waals surface area contributed by atoms with E-state index in [1.54, 1.807) is 12.1 Å². The molecule has 10 rings (SSSR count). The third-order valence-electron chi connectivity index (χ3n) is 15.9. The van der Waals surface area contributed by atoms with E-state index in [4.69, 9.17) is 18.9 Å². The fourth-order valence-corrected chi connectivity index (χ4v) is 12.8. The molecule has 0 bridgehead atoms. The molecule has 4 fully saturated rings. The number of methoxy groups -OCH3 is 1. The highest BCUT2D eigenvalue weighted by Gasteiger charge is 2.49. The number of ether oxygens (including phenoxy) is 4. The number of aromatic amines is 1. The van der Waals surface area contributed by atoms with Crippen LogP contribution >= 0.6 is 0 Å². The maximum absolute atomic E-state index is 15.0. The van der Waals surface area contributed by atoms with Crippen molar-refractivity contribution < 1.29 is 41.7 Å². The van der Waals surface area contributed by atoms with E-state index in [0.29, 0.717) is 30.7 Å². The number of hydrogen-bond acceptors (Lipinski definition) is 14. The molecule has 378 valence electrons. The van der Waals surface area contributed by atoms with Crippen LogP contribution in [0.4, 0.5) is 21.5 Å². The number of nitrogens with zero attached hydrogens (tertiary/aromatic N) is 4. The lowest BCUT2D eigenvalue weighted by Crippen LogP contribution is -2.63. The Hall–Kier alpha value is -5.82. The number of benzene rings is 3. The molecule has 0 radical (unpaired) electrons. The molecular formula is C53H64FN7O9S. The highest BCUT2D eigenvalue weighted by Crippen LogP contribution is 2.50. The van der Waals surface area contributed by atoms with Crippen LogP contribution in [0.2, 0.25) is 0 Å². The van der Waals surface area contributed by atoms with E-state index in [9.17, 15) is 23.2 Å². The Balaban J connectivity index is 0.890. The lowest BCUT2D eigenvalue weighted by molar-refractivity contribution is -0.0493. The average molecular weight is 994 g/mol. The monoisotopic (exact) mass is 993 g/mol. The molecule has 16 nitrogen and oxygen atoms in total. The van der Waals surface area contributed by atoms with Gasteiger partial charge in [0.05, 0.1) is 34.1 Å². The second-order valence-corrected chi connectivity index (χ2v) is 22.6. The van der Waals surface area contributed by atoms with Crippen LogP contribution in [-0.4, -0.2) is 105 Å². The van der Waals surface area contributed by atoms with Crippen LogP contribution in [0.15, 0.2) is 76.9 Å². The van der Waals surface area contributed by atoms with Crippen molar-refractivity contribution in [3.8, 4) is 23.1 Å². The third kappa shape index (κ3) is 9.92. The smallest absolute Gasteiger partial charge is 0.268 e. The summed E-state index contributed by atoms with van der Waals surface area (Å²) < 4.78 is 69.0. The first-order chi connectivity index (χ1) is 34.1. The molecule has 4 N–H and O–H groups in total. The molecule has 3 atom stereocenters. The second-order valence-electron chi connectivity index (χ2n) is 21.0. The fourth-order valence-electron chi connectivity index (χ4n) is 11.8. The summed E-state index contributed by atoms with van der Waals surface area (Å²) in [6.07, 6.45) is 9.56. The van der Waals surface area contributed by atoms with Gasteiger partial charge in [0.1, 0.15) is 47.6 Å². The molecule has 5 aromatic rings. The van der Waals surface area contributed by atoms with E-state index in [-0.39, 0.29) is 88.3 Å². The van der Waals surface area contributed by atoms with E-state index in [1.165, 1.54) is 61.9 Å². The van der Waals surface area contributed by atoms with Gasteiger partial charge in [0, 0.05) is 69.4 Å². The lowest BCUT2D eigenvalue weighted by atomic mass is 9.70. The molecule has 5 heterocycles. The number of anilines is 2. The minimum atomic E-state index is -4.65. The first-order valence-corrected chi connectivity index (χ1v) is 26.5. The van der Waals surface area contributed by atoms with Gasteiger partial charge in [0.25, 0.3) is 21.8 Å². The first kappa shape index (κ1) is 48.8. The second kappa shape index (κ2) is 19.7. The summed E-state index contributed by atoms with van der Waals surface area (Å²) in [7, 11) is -3.12. The minimum absolute atomic E-state index is 0.00147. The van der Waals surface area contributed by atoms with Gasteiger partial charge in [-0.2, -0.15) is 4.98 Å². The van der Waals surface area contributed by atoms with Gasteiger partial charge in [0.2, 0.25) is 0 Å². The Morgan fingerprint density at radius 1 is 1.01 bits per heavy atom. The molecule has 1 unspecified atom stereocenters. The predicted molar refractivity (Wildman–Crippen MR) is 268 cm³/mol. The normalized spacial score (nSPS) is 24.2. The van der Waals surface area contributed by atoms with Gasteiger partial charge in [-0.3, -0.25) is 9.69 Å². The number of rotatable bonds is 15. The summed E-state index contributed by atoms with van der Waals surface area (Å²) in [5.74, 6) is -0.328. The molecule has 18 heteroatoms. The molecule has 5 aliphatic rings. The molecule has 71 heavy (non-hydrogen) atoms. The number of hydrogen-bond donors (Lipinski definition) is 4. The van der Waals surface area contributed by atoms with Crippen molar-refractivity contribution in [2.45, 2.75) is 113 Å². The predicted octanol–water partition coefficient (Wildman–Crippen LogP) is 9.51. The number of likely N-dealkylation sites (tertiary alicyclic amines) is 1. The van der Waals surface area contributed by atoms with Crippen molar-refractivity contribution in [2.24, 2.45) is 16.5 Å². The number of nitrogens with one attached hydrogen (secondary N) is 3. The number of pyridine rings is 1. The van der Waals surface area contributed by atoms with Crippen molar-refractivity contribution in [3.05, 3.63) is 94.3 Å². The first-order valence-electron chi connectivity index (χ1n) is 25.0. The Morgan fingerprint density at radius 2 is 1.79 bits per heavy atom. The van der Waals surface area contributed by atoms with E-state index in [1.807, 2.05) is 6.92 Å². The van der Waals surface area contributed by atoms with Crippen LogP contribution in [0, 0.1) is 22.1 Å². The summed E-state index contributed by atoms with van der Waals surface area (Å²) in [6, 6.07) is 18.1. The quantitative estimate of drug-likeness (QED) is 0.0572. The fraction of sp³-hybridized carbons (Fsp3) is 0.509. The maximum atomic E-state index is 15.0. The largest absolute Gasteiger partial charge is 0.489 e. The number of piperidine rings is 1. The Morgan fingerprint density at radius 3 is 2.54 bits per heavy atom. The van der Waals surface area contributed by atoms with Gasteiger partial charge in [-0.25, -0.2) is 17.5 Å². The number of sulfonamides is 1. The summed E-state index contributed by atoms with van der Waals surface area (Å²) in [4.78, 5) is 38.4. The number of fused-ring (bicyclic) bond motifs is 2. The van der Waals surface area contributed by atoms with E-state index in [2.05, 4.69) is 73.1 Å². The highest BCUT2D eigenvalue weighted by molar-refractivity contribution is 7.90. The lowest BCUT2D eigenvalue weighted by Gasteiger charge is -2.57. The molecule has 2 aliphatic carbocycles. The van der Waals surface area contributed by atoms with Crippen molar-refractivity contribution in [3.63, 3.8) is 0 Å². The summed E-state index contributed by atoms with van der Waals surface area (Å²) in [5, 5.41) is 17.1. The van der Waals surface area contributed by atoms with Crippen LogP contribution in [0.5, 0.6) is 23.1 Å². The van der Waals surface area contributed by atoms with Crippen molar-refractivity contribution in [2.75, 3.05) is 63.3 Å². The standard InChI is InChI=1S/C53H64FN7O9S/c1-32(2)36-8-5-6-9-37(36)38-10-7-11-44(38)61-30-53(31-61)18-20-60(21-19-53)34-12-13-39(45(24-34)70-47-27-40-41(54)28-55-49(40)57-51(47)68-23-22-67-4)50(62)59-71(65,66)35-25-42(58-64)48-46(26-35)69-29-43(56-48)33-14-16-52(3,63)17-15-33/h5-6,8-9,12-13,24-28,32-33,38,43-44,56,63H,7,10-11,14-23,29-31H2,1-4H3,(H,55,57)(H,59,62)/t33-,38-,43?,44-,52-/m1/s1. The van der Waals surface area contributed by atoms with Crippen LogP contribution in [0.25, 0.3) is 11.0 Å². The zero-order valence-electron chi connectivity index (χ0n) is 40.8. The van der Waals surface area contributed by atoms with Gasteiger partial charge in [-0.05, 0) is 116 Å². The number of carbonyl (C=O) groups is 1. The van der Waals surface area contributed by atoms with Gasteiger partial charge in [-0.1, -0.05) is 44.5 Å². The van der Waals surface area contributed by atoms with E-state index < -0.39 is 32.2 Å². The molecule has 2 aromatic heterocycles. The highest BCUT2D eigenvalue weighted by atomic mass is 32.2. The number of aromatic nitrogens is 2. The van der Waals surface area contributed by atoms with Crippen molar-refractivity contribution in [1.82, 2.24) is 19.6 Å². The topological polar surface area (TPSA) is 197 Å². The summed E-state index contributed by atoms with van der Waals surface area (Å²) in [6.45, 7) is 10.5. The molecule has 2 saturated heterocycles. The van der Waals surface area contributed by atoms with Crippen molar-refractivity contribution in [1.29, 1.82) is 0 Å². The van der Waals surface area contributed by atoms with Gasteiger partial charge in [-0.15, -0.1) is 4.91 Å². The Labute approximate surface area is 414 Å². The molecular weight excluding hydrogens is 930 g/mol. The zero-order chi connectivity index (χ0) is 49.7. The van der Waals surface area contributed by atoms with E-state index in [0.717, 1.165) is 63.6 Å². The summed E-state index contributed by atoms with van der Waals surface area (Å²) in [5.41, 5.74) is 3.36. The number of carbonyl (C=O) groups excluding carboxylic acids is 1. The average Bonchev–Trinajstić information content (AvgIpc) is 3.98. The number of amides is 1. The maximum Gasteiger partial charge on any atom is 0.268 e. The van der Waals surface area contributed by atoms with Crippen LogP contribution in [-0.2, 0) is 14.8 Å². The van der Waals surface area contributed by atoms with Crippen LogP contribution in [0.1, 0.15) is 112 Å². The molecule has 3 aromatic carbocycles. The molecule has 1 spiro atoms. The Bertz CT molecular complexity index is 2900. The van der Waals surface area contributed by atoms with Crippen LogP contribution in [0.3, 0.4) is 0 Å². The number of nitroso groups, excluding NO2 is 1. The SMILES string of the molecule is COCCOc1nc2[nH]cc(F)c2cc1Oc1cc(N2CCC3(CC2)CN([C@@H]2CCC[C@@H]2c2ccccc2C(C)C)C3)ccc1C(=O)NS(=O)(=O)c1cc(N=O)c2c(c1)OCC([C@H]1CC[C@](C)(O)CC1)N2. The number of halogens is 1. The molecule has 3 aliphatic heterocycles. The third-order valence-corrected chi connectivity index (χ3v) is 17.2. The molecule has 1 amide bonds. The Kier molecular flexibility index (Phi) is 13.5.